The van der Waals surface area contributed by atoms with Gasteiger partial charge in [-0.25, -0.2) is 9.37 Å². The minimum atomic E-state index is -0.281. The summed E-state index contributed by atoms with van der Waals surface area (Å²) in [5.41, 5.74) is 1.55. The Labute approximate surface area is 149 Å². The van der Waals surface area contributed by atoms with Gasteiger partial charge in [-0.05, 0) is 36.5 Å². The molecular weight excluding hydrogens is 337 g/mol. The molecule has 6 heteroatoms. The molecule has 2 aromatic heterocycles. The number of hydrogen-bond acceptors (Lipinski definition) is 3. The molecule has 25 heavy (non-hydrogen) atoms. The van der Waals surface area contributed by atoms with Crippen LogP contribution in [-0.2, 0) is 6.54 Å². The Kier molecular flexibility index (Phi) is 4.39. The molecule has 2 N–H and O–H groups in total. The molecule has 1 aromatic carbocycles. The molecule has 1 saturated heterocycles. The van der Waals surface area contributed by atoms with Crippen molar-refractivity contribution in [2.75, 3.05) is 13.1 Å². The van der Waals surface area contributed by atoms with E-state index in [2.05, 4.69) is 16.9 Å². The fourth-order valence-electron chi connectivity index (χ4n) is 3.50. The maximum atomic E-state index is 13.1. The zero-order valence-electron chi connectivity index (χ0n) is 14.1. The Hall–Kier alpha value is -2.05. The number of nitrogens with one attached hydrogen (secondary N) is 2. The summed E-state index contributed by atoms with van der Waals surface area (Å²) in [7, 11) is 0. The molecule has 0 aliphatic carbocycles. The van der Waals surface area contributed by atoms with Crippen molar-refractivity contribution in [2.45, 2.75) is 26.3 Å². The molecule has 0 bridgehead atoms. The van der Waals surface area contributed by atoms with Crippen LogP contribution in [0.1, 0.15) is 25.6 Å². The highest BCUT2D eigenvalue weighted by Crippen LogP contribution is 2.30. The SMILES string of the molecule is CC1CC[NH+](Cc2nc3scc(-c4ccc(F)cc4)c3c(=O)[nH]2)CC1. The molecule has 0 saturated carbocycles. The molecule has 130 valence electrons. The number of hydrogen-bond donors (Lipinski definition) is 2. The van der Waals surface area contributed by atoms with Crippen molar-refractivity contribution in [3.8, 4) is 11.1 Å². The smallest absolute Gasteiger partial charge is 0.260 e. The minimum absolute atomic E-state index is 0.106. The molecule has 1 aliphatic rings. The van der Waals surface area contributed by atoms with Crippen LogP contribution in [0.4, 0.5) is 4.39 Å². The zero-order chi connectivity index (χ0) is 17.4. The van der Waals surface area contributed by atoms with Crippen molar-refractivity contribution in [1.29, 1.82) is 0 Å². The van der Waals surface area contributed by atoms with Crippen LogP contribution in [0.3, 0.4) is 0 Å². The van der Waals surface area contributed by atoms with Gasteiger partial charge in [0.25, 0.3) is 5.56 Å². The van der Waals surface area contributed by atoms with E-state index in [-0.39, 0.29) is 11.4 Å². The van der Waals surface area contributed by atoms with Gasteiger partial charge in [-0.2, -0.15) is 0 Å². The maximum absolute atomic E-state index is 13.1. The average Bonchev–Trinajstić information content (AvgIpc) is 3.02. The van der Waals surface area contributed by atoms with Crippen molar-refractivity contribution in [1.82, 2.24) is 9.97 Å². The zero-order valence-corrected chi connectivity index (χ0v) is 15.0. The second-order valence-corrected chi connectivity index (χ2v) is 7.82. The molecule has 3 heterocycles. The van der Waals surface area contributed by atoms with Crippen LogP contribution in [0.15, 0.2) is 34.4 Å². The van der Waals surface area contributed by atoms with E-state index in [0.717, 1.165) is 47.3 Å². The van der Waals surface area contributed by atoms with Gasteiger partial charge in [0.1, 0.15) is 17.2 Å². The predicted octanol–water partition coefficient (Wildman–Crippen LogP) is 2.61. The summed E-state index contributed by atoms with van der Waals surface area (Å²) in [6, 6.07) is 6.22. The number of aromatic nitrogens is 2. The first-order chi connectivity index (χ1) is 12.1. The minimum Gasteiger partial charge on any atom is -0.329 e. The van der Waals surface area contributed by atoms with E-state index in [1.165, 1.54) is 41.2 Å². The van der Waals surface area contributed by atoms with Crippen molar-refractivity contribution in [3.63, 3.8) is 0 Å². The van der Waals surface area contributed by atoms with E-state index in [1.807, 2.05) is 5.38 Å². The number of thiophene rings is 1. The standard InChI is InChI=1S/C19H20FN3OS/c1-12-6-8-23(9-7-12)10-16-21-18(24)17-15(11-25-19(17)22-16)13-2-4-14(20)5-3-13/h2-5,11-12H,6-10H2,1H3,(H,21,22,24)/p+1. The van der Waals surface area contributed by atoms with E-state index in [4.69, 9.17) is 0 Å². The van der Waals surface area contributed by atoms with Gasteiger partial charge in [0.05, 0.1) is 18.5 Å². The van der Waals surface area contributed by atoms with Gasteiger partial charge in [0.2, 0.25) is 0 Å². The van der Waals surface area contributed by atoms with Gasteiger partial charge >= 0.3 is 0 Å². The van der Waals surface area contributed by atoms with Crippen LogP contribution < -0.4 is 10.5 Å². The van der Waals surface area contributed by atoms with Gasteiger partial charge < -0.3 is 9.88 Å². The summed E-state index contributed by atoms with van der Waals surface area (Å²) in [6.07, 6.45) is 2.46. The summed E-state index contributed by atoms with van der Waals surface area (Å²) in [4.78, 5) is 22.5. The Bertz CT molecular complexity index is 939. The second kappa shape index (κ2) is 6.69. The quantitative estimate of drug-likeness (QED) is 0.756. The number of fused-ring (bicyclic) bond motifs is 1. The summed E-state index contributed by atoms with van der Waals surface area (Å²) >= 11 is 1.47. The van der Waals surface area contributed by atoms with Crippen LogP contribution in [0.25, 0.3) is 21.3 Å². The van der Waals surface area contributed by atoms with Crippen molar-refractivity contribution in [3.05, 3.63) is 51.6 Å². The summed E-state index contributed by atoms with van der Waals surface area (Å²) in [5, 5.41) is 2.53. The van der Waals surface area contributed by atoms with Gasteiger partial charge in [0, 0.05) is 10.9 Å². The summed E-state index contributed by atoms with van der Waals surface area (Å²) in [6.45, 7) is 5.33. The first kappa shape index (κ1) is 16.4. The highest BCUT2D eigenvalue weighted by Gasteiger charge is 2.21. The van der Waals surface area contributed by atoms with Crippen LogP contribution in [0.5, 0.6) is 0 Å². The lowest BCUT2D eigenvalue weighted by Gasteiger charge is -2.26. The largest absolute Gasteiger partial charge is 0.329 e. The number of aromatic amines is 1. The molecular formula is C19H21FN3OS+. The van der Waals surface area contributed by atoms with Crippen LogP contribution in [-0.4, -0.2) is 23.1 Å². The Balaban J connectivity index is 1.65. The van der Waals surface area contributed by atoms with Gasteiger partial charge in [-0.3, -0.25) is 4.79 Å². The maximum Gasteiger partial charge on any atom is 0.260 e. The topological polar surface area (TPSA) is 50.2 Å². The van der Waals surface area contributed by atoms with Crippen molar-refractivity contribution >= 4 is 21.6 Å². The highest BCUT2D eigenvalue weighted by atomic mass is 32.1. The number of halogens is 1. The van der Waals surface area contributed by atoms with E-state index in [1.54, 1.807) is 12.1 Å². The Morgan fingerprint density at radius 2 is 2.00 bits per heavy atom. The normalized spacial score (nSPS) is 20.9. The Morgan fingerprint density at radius 3 is 2.72 bits per heavy atom. The number of quaternary nitrogens is 1. The molecule has 0 unspecified atom stereocenters. The molecule has 0 amide bonds. The third-order valence-electron chi connectivity index (χ3n) is 5.05. The summed E-state index contributed by atoms with van der Waals surface area (Å²) in [5.74, 6) is 1.28. The van der Waals surface area contributed by atoms with Crippen LogP contribution in [0.2, 0.25) is 0 Å². The molecule has 1 aliphatic heterocycles. The predicted molar refractivity (Wildman–Crippen MR) is 98.4 cm³/mol. The fraction of sp³-hybridized carbons (Fsp3) is 0.368. The fourth-order valence-corrected chi connectivity index (χ4v) is 4.47. The van der Waals surface area contributed by atoms with Crippen molar-refractivity contribution in [2.24, 2.45) is 5.92 Å². The van der Waals surface area contributed by atoms with E-state index in [0.29, 0.717) is 5.39 Å². The third kappa shape index (κ3) is 3.37. The van der Waals surface area contributed by atoms with E-state index < -0.39 is 0 Å². The number of benzene rings is 1. The lowest BCUT2D eigenvalue weighted by molar-refractivity contribution is -0.920. The lowest BCUT2D eigenvalue weighted by Crippen LogP contribution is -3.11. The molecule has 0 spiro atoms. The third-order valence-corrected chi connectivity index (χ3v) is 5.92. The highest BCUT2D eigenvalue weighted by molar-refractivity contribution is 7.17. The van der Waals surface area contributed by atoms with Gasteiger partial charge in [-0.15, -0.1) is 11.3 Å². The van der Waals surface area contributed by atoms with Crippen LogP contribution >= 0.6 is 11.3 Å². The number of H-pyrrole nitrogens is 1. The Morgan fingerprint density at radius 1 is 1.28 bits per heavy atom. The first-order valence-electron chi connectivity index (χ1n) is 8.70. The molecule has 3 aromatic rings. The average molecular weight is 358 g/mol. The molecule has 0 radical (unpaired) electrons. The first-order valence-corrected chi connectivity index (χ1v) is 9.58. The number of nitrogens with zero attached hydrogens (tertiary/aromatic N) is 1. The molecule has 1 fully saturated rings. The van der Waals surface area contributed by atoms with Gasteiger partial charge in [0.15, 0.2) is 5.82 Å². The van der Waals surface area contributed by atoms with E-state index >= 15 is 0 Å². The number of piperidine rings is 1. The van der Waals surface area contributed by atoms with Gasteiger partial charge in [-0.1, -0.05) is 19.1 Å². The monoisotopic (exact) mass is 358 g/mol. The molecule has 4 nitrogen and oxygen atoms in total. The number of likely N-dealkylation sites (tertiary alicyclic amines) is 1. The molecule has 4 rings (SSSR count). The number of rotatable bonds is 3. The molecule has 0 atom stereocenters. The summed E-state index contributed by atoms with van der Waals surface area (Å²) < 4.78 is 13.1. The lowest BCUT2D eigenvalue weighted by atomic mass is 9.99. The van der Waals surface area contributed by atoms with E-state index in [9.17, 15) is 9.18 Å². The van der Waals surface area contributed by atoms with Crippen molar-refractivity contribution < 1.29 is 9.29 Å². The second-order valence-electron chi connectivity index (χ2n) is 6.96. The van der Waals surface area contributed by atoms with Crippen LogP contribution in [0, 0.1) is 11.7 Å².